The molecule has 7 nitrogen and oxygen atoms in total. The lowest BCUT2D eigenvalue weighted by Gasteiger charge is -2.30. The van der Waals surface area contributed by atoms with Gasteiger partial charge in [0.1, 0.15) is 5.82 Å². The quantitative estimate of drug-likeness (QED) is 0.414. The zero-order valence-corrected chi connectivity index (χ0v) is 20.8. The number of sulfone groups is 1. The first-order valence-electron chi connectivity index (χ1n) is 11.8. The van der Waals surface area contributed by atoms with E-state index in [0.717, 1.165) is 31.3 Å². The maximum atomic E-state index is 14.1. The predicted molar refractivity (Wildman–Crippen MR) is 136 cm³/mol. The molecule has 0 aliphatic carbocycles. The topological polar surface area (TPSA) is 84.5 Å². The van der Waals surface area contributed by atoms with Crippen LogP contribution >= 0.6 is 0 Å². The maximum Gasteiger partial charge on any atom is 0.329 e. The van der Waals surface area contributed by atoms with Gasteiger partial charge in [-0.3, -0.25) is 14.0 Å². The van der Waals surface area contributed by atoms with Crippen LogP contribution in [0.2, 0.25) is 0 Å². The molecular weight excluding hydrogens is 481 g/mol. The van der Waals surface area contributed by atoms with Crippen molar-refractivity contribution in [2.75, 3.05) is 19.3 Å². The molecule has 0 radical (unpaired) electrons. The van der Waals surface area contributed by atoms with Crippen molar-refractivity contribution in [2.24, 2.45) is 0 Å². The second-order valence-corrected chi connectivity index (χ2v) is 11.5. The summed E-state index contributed by atoms with van der Waals surface area (Å²) in [5.74, 6) is -0.465. The number of imidazole rings is 1. The van der Waals surface area contributed by atoms with Crippen molar-refractivity contribution in [3.63, 3.8) is 0 Å². The molecule has 0 amide bonds. The minimum atomic E-state index is -3.32. The van der Waals surface area contributed by atoms with E-state index in [0.29, 0.717) is 17.6 Å². The van der Waals surface area contributed by atoms with Gasteiger partial charge in [0.25, 0.3) is 0 Å². The van der Waals surface area contributed by atoms with Crippen LogP contribution in [-0.4, -0.2) is 53.0 Å². The van der Waals surface area contributed by atoms with Crippen molar-refractivity contribution in [2.45, 2.75) is 37.1 Å². The molecule has 188 valence electrons. The lowest BCUT2D eigenvalue weighted by atomic mass is 10.00. The van der Waals surface area contributed by atoms with E-state index in [1.54, 1.807) is 18.2 Å². The predicted octanol–water partition coefficient (Wildman–Crippen LogP) is 2.81. The van der Waals surface area contributed by atoms with Gasteiger partial charge in [-0.05, 0) is 53.4 Å². The summed E-state index contributed by atoms with van der Waals surface area (Å²) in [4.78, 5) is 15.8. The zero-order valence-electron chi connectivity index (χ0n) is 20.0. The number of rotatable bonds is 7. The molecule has 0 bridgehead atoms. The number of hydrogen-bond acceptors (Lipinski definition) is 5. The van der Waals surface area contributed by atoms with Gasteiger partial charge in [0.15, 0.2) is 9.84 Å². The lowest BCUT2D eigenvalue weighted by molar-refractivity contribution is 0.0917. The van der Waals surface area contributed by atoms with Crippen LogP contribution in [0.25, 0.3) is 11.0 Å². The van der Waals surface area contributed by atoms with E-state index < -0.39 is 21.8 Å². The average Bonchev–Trinajstić information content (AvgIpc) is 3.09. The number of aliphatic hydroxyl groups is 1. The maximum absolute atomic E-state index is 14.1. The first-order valence-corrected chi connectivity index (χ1v) is 13.7. The Kier molecular flexibility index (Phi) is 6.55. The van der Waals surface area contributed by atoms with Crippen molar-refractivity contribution in [1.82, 2.24) is 14.0 Å². The third-order valence-corrected chi connectivity index (χ3v) is 7.87. The summed E-state index contributed by atoms with van der Waals surface area (Å²) < 4.78 is 40.6. The Morgan fingerprint density at radius 2 is 1.67 bits per heavy atom. The number of aromatic nitrogens is 2. The van der Waals surface area contributed by atoms with E-state index in [9.17, 15) is 22.7 Å². The van der Waals surface area contributed by atoms with Crippen LogP contribution in [0, 0.1) is 5.82 Å². The SMILES string of the molecule is CS(=O)(=O)c1ccc(Cn2c(=O)n(CC(O)CN3CCc4ccccc4C3)c3cc(F)ccc32)cc1. The van der Waals surface area contributed by atoms with Crippen LogP contribution in [-0.2, 0) is 35.9 Å². The van der Waals surface area contributed by atoms with Crippen LogP contribution in [0.5, 0.6) is 0 Å². The van der Waals surface area contributed by atoms with Gasteiger partial charge in [-0.25, -0.2) is 17.6 Å². The summed E-state index contributed by atoms with van der Waals surface area (Å²) in [5, 5.41) is 10.9. The number of hydrogen-bond donors (Lipinski definition) is 1. The second-order valence-electron chi connectivity index (χ2n) is 9.44. The minimum Gasteiger partial charge on any atom is -0.390 e. The molecule has 0 fully saturated rings. The van der Waals surface area contributed by atoms with Crippen molar-refractivity contribution in [3.8, 4) is 0 Å². The Bertz CT molecular complexity index is 1580. The molecule has 1 aliphatic rings. The van der Waals surface area contributed by atoms with Gasteiger partial charge in [0.2, 0.25) is 0 Å². The molecule has 1 aliphatic heterocycles. The van der Waals surface area contributed by atoms with Gasteiger partial charge in [0, 0.05) is 25.9 Å². The smallest absolute Gasteiger partial charge is 0.329 e. The summed E-state index contributed by atoms with van der Waals surface area (Å²) in [6.45, 7) is 2.19. The first kappa shape index (κ1) is 24.4. The van der Waals surface area contributed by atoms with Gasteiger partial charge in [-0.15, -0.1) is 0 Å². The molecule has 3 aromatic carbocycles. The van der Waals surface area contributed by atoms with Crippen molar-refractivity contribution in [1.29, 1.82) is 0 Å². The highest BCUT2D eigenvalue weighted by atomic mass is 32.2. The second kappa shape index (κ2) is 9.65. The van der Waals surface area contributed by atoms with Crippen LogP contribution in [0.3, 0.4) is 0 Å². The number of β-amino-alcohol motifs (C(OH)–C–C–N with tert-alkyl or cyclic N) is 1. The Labute approximate surface area is 208 Å². The Hall–Kier alpha value is -3.27. The van der Waals surface area contributed by atoms with E-state index in [2.05, 4.69) is 17.0 Å². The van der Waals surface area contributed by atoms with E-state index in [4.69, 9.17) is 0 Å². The third-order valence-electron chi connectivity index (χ3n) is 6.75. The average molecular weight is 510 g/mol. The third kappa shape index (κ3) is 5.00. The van der Waals surface area contributed by atoms with Crippen LogP contribution in [0.15, 0.2) is 76.4 Å². The number of aliphatic hydroxyl groups excluding tert-OH is 1. The van der Waals surface area contributed by atoms with Crippen molar-refractivity contribution < 1.29 is 17.9 Å². The van der Waals surface area contributed by atoms with E-state index in [1.165, 1.54) is 44.5 Å². The monoisotopic (exact) mass is 509 g/mol. The summed E-state index contributed by atoms with van der Waals surface area (Å²) in [5.41, 5.74) is 3.91. The highest BCUT2D eigenvalue weighted by Crippen LogP contribution is 2.20. The zero-order chi connectivity index (χ0) is 25.4. The lowest BCUT2D eigenvalue weighted by Crippen LogP contribution is -2.39. The molecule has 36 heavy (non-hydrogen) atoms. The van der Waals surface area contributed by atoms with E-state index in [1.807, 2.05) is 12.1 Å². The standard InChI is InChI=1S/C27H28FN3O4S/c1-36(34,35)24-9-6-19(7-10-24)15-30-25-11-8-22(28)14-26(25)31(27(30)33)18-23(32)17-29-13-12-20-4-2-3-5-21(20)16-29/h2-11,14,23,32H,12-13,15-18H2,1H3. The normalized spacial score (nSPS) is 15.2. The number of halogens is 1. The molecule has 9 heteroatoms. The Balaban J connectivity index is 1.39. The summed E-state index contributed by atoms with van der Waals surface area (Å²) in [6, 6.07) is 18.8. The highest BCUT2D eigenvalue weighted by Gasteiger charge is 2.21. The molecule has 1 unspecified atom stereocenters. The van der Waals surface area contributed by atoms with Crippen LogP contribution in [0.1, 0.15) is 16.7 Å². The van der Waals surface area contributed by atoms with Gasteiger partial charge in [0.05, 0.1) is 35.1 Å². The summed E-state index contributed by atoms with van der Waals surface area (Å²) in [6.07, 6.45) is 1.23. The molecule has 0 saturated heterocycles. The van der Waals surface area contributed by atoms with Crippen molar-refractivity contribution in [3.05, 3.63) is 99.7 Å². The summed E-state index contributed by atoms with van der Waals surface area (Å²) >= 11 is 0. The van der Waals surface area contributed by atoms with Crippen LogP contribution < -0.4 is 5.69 Å². The van der Waals surface area contributed by atoms with E-state index >= 15 is 0 Å². The minimum absolute atomic E-state index is 0.0386. The molecule has 4 aromatic rings. The molecule has 0 spiro atoms. The molecule has 2 heterocycles. The molecule has 5 rings (SSSR count). The number of nitrogens with zero attached hydrogens (tertiary/aromatic N) is 3. The van der Waals surface area contributed by atoms with Crippen molar-refractivity contribution >= 4 is 20.9 Å². The molecule has 1 atom stereocenters. The summed E-state index contributed by atoms with van der Waals surface area (Å²) in [7, 11) is -3.32. The fourth-order valence-electron chi connectivity index (χ4n) is 4.92. The molecule has 1 N–H and O–H groups in total. The number of benzene rings is 3. The molecule has 0 saturated carbocycles. The van der Waals surface area contributed by atoms with Crippen LogP contribution in [0.4, 0.5) is 4.39 Å². The van der Waals surface area contributed by atoms with Gasteiger partial charge in [-0.1, -0.05) is 36.4 Å². The molecular formula is C27H28FN3O4S. The fraction of sp³-hybridized carbons (Fsp3) is 0.296. The largest absolute Gasteiger partial charge is 0.390 e. The highest BCUT2D eigenvalue weighted by molar-refractivity contribution is 7.90. The first-order chi connectivity index (χ1) is 17.2. The Morgan fingerprint density at radius 1 is 0.944 bits per heavy atom. The number of fused-ring (bicyclic) bond motifs is 2. The fourth-order valence-corrected chi connectivity index (χ4v) is 5.55. The van der Waals surface area contributed by atoms with Gasteiger partial charge < -0.3 is 5.11 Å². The molecule has 1 aromatic heterocycles. The van der Waals surface area contributed by atoms with Gasteiger partial charge >= 0.3 is 5.69 Å². The van der Waals surface area contributed by atoms with E-state index in [-0.39, 0.29) is 23.7 Å². The van der Waals surface area contributed by atoms with Gasteiger partial charge in [-0.2, -0.15) is 0 Å². The Morgan fingerprint density at radius 3 is 2.39 bits per heavy atom.